The van der Waals surface area contributed by atoms with Gasteiger partial charge in [-0.05, 0) is 69.1 Å². The Hall–Kier alpha value is -5.66. The first-order chi connectivity index (χ1) is 28.5. The molecule has 2 bridgehead atoms. The Morgan fingerprint density at radius 3 is 1.63 bits per heavy atom. The van der Waals surface area contributed by atoms with Crippen molar-refractivity contribution in [2.75, 3.05) is 34.3 Å². The molecule has 0 spiro atoms. The third-order valence-electron chi connectivity index (χ3n) is 11.1. The normalized spacial score (nSPS) is 17.5. The maximum absolute atomic E-state index is 11.9. The number of ether oxygens (including phenoxy) is 2. The number of carboxylic acids is 1. The smallest absolute Gasteiger partial charge is 0.332 e. The minimum absolute atomic E-state index is 0.0161. The van der Waals surface area contributed by atoms with E-state index in [1.54, 1.807) is 0 Å². The molecule has 310 valence electrons. The van der Waals surface area contributed by atoms with Crippen molar-refractivity contribution in [3.8, 4) is 0 Å². The van der Waals surface area contributed by atoms with Crippen LogP contribution in [0.1, 0.15) is 60.1 Å². The quantitative estimate of drug-likeness (QED) is 0.152. The minimum Gasteiger partial charge on any atom is -0.480 e. The van der Waals surface area contributed by atoms with Gasteiger partial charge >= 0.3 is 11.7 Å². The molecular formula is C47H56N6O6. The Bertz CT molecular complexity index is 2250. The van der Waals surface area contributed by atoms with Crippen molar-refractivity contribution >= 4 is 17.1 Å². The van der Waals surface area contributed by atoms with Crippen LogP contribution in [-0.4, -0.2) is 92.0 Å². The van der Waals surface area contributed by atoms with E-state index in [1.165, 1.54) is 77.5 Å². The van der Waals surface area contributed by atoms with Gasteiger partial charge in [0.2, 0.25) is 0 Å². The zero-order chi connectivity index (χ0) is 41.9. The zero-order valence-electron chi connectivity index (χ0n) is 34.6. The summed E-state index contributed by atoms with van der Waals surface area (Å²) in [6.45, 7) is 1.28. The van der Waals surface area contributed by atoms with E-state index >= 15 is 0 Å². The van der Waals surface area contributed by atoms with Gasteiger partial charge in [-0.25, -0.2) is 9.78 Å². The van der Waals surface area contributed by atoms with Crippen LogP contribution in [0, 0.1) is 0 Å². The number of imidazole rings is 1. The predicted molar refractivity (Wildman–Crippen MR) is 230 cm³/mol. The van der Waals surface area contributed by atoms with Crippen LogP contribution >= 0.6 is 0 Å². The van der Waals surface area contributed by atoms with Gasteiger partial charge in [0.1, 0.15) is 18.8 Å². The fraction of sp³-hybridized carbons (Fsp3) is 0.362. The summed E-state index contributed by atoms with van der Waals surface area (Å²) in [5.74, 6) is -1.08. The summed E-state index contributed by atoms with van der Waals surface area (Å²) in [5.41, 5.74) is 4.15. The van der Waals surface area contributed by atoms with Gasteiger partial charge in [0.15, 0.2) is 11.2 Å². The first-order valence-electron chi connectivity index (χ1n) is 20.2. The van der Waals surface area contributed by atoms with Crippen molar-refractivity contribution in [1.29, 1.82) is 0 Å². The lowest BCUT2D eigenvalue weighted by Crippen LogP contribution is -2.43. The van der Waals surface area contributed by atoms with E-state index < -0.39 is 17.2 Å². The number of benzene rings is 4. The molecule has 12 heteroatoms. The SMILES string of the molecule is CN(C)CCOC(c1ccccc1)c1ccccc1.CN1[C@@H]2CC[C@H]1CC(OC(c1ccccc1)c1ccccc1)C2.Cn1c(=O)c2c(ncn2CC(=O)O)n(C)c1=O. The summed E-state index contributed by atoms with van der Waals surface area (Å²) in [7, 11) is 9.21. The Balaban J connectivity index is 0.000000151. The number of aliphatic carboxylic acids is 1. The second-order valence-electron chi connectivity index (χ2n) is 15.5. The highest BCUT2D eigenvalue weighted by Gasteiger charge is 2.39. The van der Waals surface area contributed by atoms with Gasteiger partial charge in [0.05, 0.1) is 19.0 Å². The summed E-state index contributed by atoms with van der Waals surface area (Å²) < 4.78 is 16.1. The second kappa shape index (κ2) is 20.3. The van der Waals surface area contributed by atoms with E-state index in [9.17, 15) is 14.4 Å². The van der Waals surface area contributed by atoms with Crippen molar-refractivity contribution in [3.05, 3.63) is 171 Å². The fourth-order valence-electron chi connectivity index (χ4n) is 7.93. The molecule has 12 nitrogen and oxygen atoms in total. The lowest BCUT2D eigenvalue weighted by molar-refractivity contribution is -0.137. The van der Waals surface area contributed by atoms with Gasteiger partial charge in [-0.1, -0.05) is 121 Å². The third-order valence-corrected chi connectivity index (χ3v) is 11.1. The van der Waals surface area contributed by atoms with E-state index in [0.717, 1.165) is 17.7 Å². The molecule has 0 radical (unpaired) electrons. The molecule has 2 saturated heterocycles. The summed E-state index contributed by atoms with van der Waals surface area (Å²) in [6, 6.07) is 43.5. The second-order valence-corrected chi connectivity index (χ2v) is 15.5. The molecule has 2 aromatic heterocycles. The molecule has 6 aromatic rings. The van der Waals surface area contributed by atoms with Crippen molar-refractivity contribution < 1.29 is 19.4 Å². The van der Waals surface area contributed by atoms with Crippen molar-refractivity contribution in [1.82, 2.24) is 28.5 Å². The van der Waals surface area contributed by atoms with Crippen LogP contribution in [0.15, 0.2) is 137 Å². The molecule has 2 aliphatic heterocycles. The summed E-state index contributed by atoms with van der Waals surface area (Å²) in [4.78, 5) is 42.7. The maximum Gasteiger partial charge on any atom is 0.332 e. The Labute approximate surface area is 345 Å². The Morgan fingerprint density at radius 1 is 0.729 bits per heavy atom. The van der Waals surface area contributed by atoms with E-state index in [2.05, 4.69) is 145 Å². The van der Waals surface area contributed by atoms with E-state index in [1.807, 2.05) is 12.1 Å². The van der Waals surface area contributed by atoms with Gasteiger partial charge in [-0.3, -0.25) is 18.7 Å². The van der Waals surface area contributed by atoms with Gasteiger partial charge in [-0.15, -0.1) is 0 Å². The molecule has 4 heterocycles. The molecule has 3 atom stereocenters. The van der Waals surface area contributed by atoms with Gasteiger partial charge < -0.3 is 28.9 Å². The van der Waals surface area contributed by atoms with Crippen LogP contribution in [0.4, 0.5) is 0 Å². The largest absolute Gasteiger partial charge is 0.480 e. The van der Waals surface area contributed by atoms with E-state index in [-0.39, 0.29) is 29.9 Å². The molecular weight excluding hydrogens is 745 g/mol. The molecule has 0 aliphatic carbocycles. The number of piperidine rings is 1. The lowest BCUT2D eigenvalue weighted by atomic mass is 9.97. The van der Waals surface area contributed by atoms with Gasteiger partial charge in [0, 0.05) is 32.7 Å². The minimum atomic E-state index is -1.08. The molecule has 0 saturated carbocycles. The first-order valence-corrected chi connectivity index (χ1v) is 20.2. The number of carbonyl (C=O) groups is 1. The molecule has 1 unspecified atom stereocenters. The maximum atomic E-state index is 11.9. The molecule has 4 aromatic carbocycles. The molecule has 59 heavy (non-hydrogen) atoms. The average Bonchev–Trinajstić information content (AvgIpc) is 3.74. The average molecular weight is 801 g/mol. The summed E-state index contributed by atoms with van der Waals surface area (Å²) >= 11 is 0. The number of carboxylic acid groups (broad SMARTS) is 1. The molecule has 2 aliphatic rings. The van der Waals surface area contributed by atoms with Crippen molar-refractivity contribution in [2.45, 2.75) is 62.6 Å². The number of nitrogens with zero attached hydrogens (tertiary/aromatic N) is 6. The highest BCUT2D eigenvalue weighted by Crippen LogP contribution is 2.38. The summed E-state index contributed by atoms with van der Waals surface area (Å²) in [6.07, 6.45) is 6.68. The number of aryl methyl sites for hydroxylation is 1. The number of hydrogen-bond acceptors (Lipinski definition) is 8. The van der Waals surface area contributed by atoms with Crippen LogP contribution in [0.3, 0.4) is 0 Å². The van der Waals surface area contributed by atoms with E-state index in [0.29, 0.717) is 18.2 Å². The predicted octanol–water partition coefficient (Wildman–Crippen LogP) is 6.29. The van der Waals surface area contributed by atoms with Crippen LogP contribution < -0.4 is 11.2 Å². The lowest BCUT2D eigenvalue weighted by Gasteiger charge is -2.38. The number of likely N-dealkylation sites (N-methyl/N-ethyl adjacent to an activating group) is 1. The monoisotopic (exact) mass is 800 g/mol. The number of aromatic nitrogens is 4. The van der Waals surface area contributed by atoms with Crippen LogP contribution in [-0.2, 0) is 34.9 Å². The fourth-order valence-corrected chi connectivity index (χ4v) is 7.93. The summed E-state index contributed by atoms with van der Waals surface area (Å²) in [5, 5.41) is 8.70. The molecule has 2 fully saturated rings. The first kappa shape index (κ1) is 42.9. The van der Waals surface area contributed by atoms with Crippen LogP contribution in [0.5, 0.6) is 0 Å². The van der Waals surface area contributed by atoms with Crippen molar-refractivity contribution in [3.63, 3.8) is 0 Å². The van der Waals surface area contributed by atoms with Crippen molar-refractivity contribution in [2.24, 2.45) is 14.1 Å². The van der Waals surface area contributed by atoms with Gasteiger partial charge in [-0.2, -0.15) is 0 Å². The molecule has 8 rings (SSSR count). The molecule has 1 N–H and O–H groups in total. The topological polar surface area (TPSA) is 124 Å². The standard InChI is InChI=1S/C21H25NO.C17H21NO.C9H10N4O4/c1-22-18-12-13-19(22)15-20(14-18)23-21(16-8-4-2-5-9-16)17-10-6-3-7-11-17;1-18(2)13-14-19-17(15-9-5-3-6-10-15)16-11-7-4-8-12-16;1-11-7-6(8(16)12(2)9(11)17)13(4-10-7)3-5(14)15/h2-11,18-21H,12-15H2,1H3;3-12,17H,13-14H2,1-2H3;4H,3H2,1-2H3,(H,14,15)/t18-,19+,20?;;. The third kappa shape index (κ3) is 10.9. The highest BCUT2D eigenvalue weighted by atomic mass is 16.5. The Morgan fingerprint density at radius 2 is 1.19 bits per heavy atom. The Kier molecular flexibility index (Phi) is 14.8. The molecule has 0 amide bonds. The number of hydrogen-bond donors (Lipinski definition) is 1. The van der Waals surface area contributed by atoms with Crippen LogP contribution in [0.25, 0.3) is 11.2 Å². The van der Waals surface area contributed by atoms with Crippen LogP contribution in [0.2, 0.25) is 0 Å². The van der Waals surface area contributed by atoms with E-state index in [4.69, 9.17) is 14.6 Å². The van der Waals surface area contributed by atoms with Gasteiger partial charge in [0.25, 0.3) is 5.56 Å². The number of rotatable bonds is 12. The highest BCUT2D eigenvalue weighted by molar-refractivity contribution is 5.74. The number of fused-ring (bicyclic) bond motifs is 3. The zero-order valence-corrected chi connectivity index (χ0v) is 34.6.